The third-order valence-corrected chi connectivity index (χ3v) is 4.56. The fourth-order valence-corrected chi connectivity index (χ4v) is 3.16. The molecule has 1 aliphatic carbocycles. The number of amides is 1. The molecule has 1 amide bonds. The molecule has 0 aliphatic heterocycles. The lowest BCUT2D eigenvalue weighted by Crippen LogP contribution is -2.39. The number of benzene rings is 1. The highest BCUT2D eigenvalue weighted by Crippen LogP contribution is 2.35. The zero-order valence-electron chi connectivity index (χ0n) is 15.0. The summed E-state index contributed by atoms with van der Waals surface area (Å²) in [7, 11) is 1.67. The normalized spacial score (nSPS) is 19.7. The number of hydrogen-bond donors (Lipinski definition) is 1. The summed E-state index contributed by atoms with van der Waals surface area (Å²) in [6.07, 6.45) is -0.892. The van der Waals surface area contributed by atoms with Crippen LogP contribution in [0.15, 0.2) is 24.4 Å². The van der Waals surface area contributed by atoms with Crippen LogP contribution in [0.3, 0.4) is 0 Å². The van der Waals surface area contributed by atoms with E-state index in [0.717, 1.165) is 12.1 Å². The number of aryl methyl sites for hydroxylation is 1. The molecule has 148 valence electrons. The number of carbonyl (C=O) groups is 1. The number of alkyl halides is 3. The summed E-state index contributed by atoms with van der Waals surface area (Å²) in [4.78, 5) is 12.1. The SMILES string of the molecule is Cn1cc(C(=O)N[C@H]2CC[C@H](Oc3ccc(C#N)c(C(F)(F)F)c3)CC2)nn1. The van der Waals surface area contributed by atoms with Gasteiger partial charge in [-0.15, -0.1) is 5.10 Å². The summed E-state index contributed by atoms with van der Waals surface area (Å²) in [5.41, 5.74) is -1.20. The van der Waals surface area contributed by atoms with Gasteiger partial charge in [0.15, 0.2) is 5.69 Å². The maximum Gasteiger partial charge on any atom is 0.417 e. The van der Waals surface area contributed by atoms with Gasteiger partial charge in [0.25, 0.3) is 5.91 Å². The summed E-state index contributed by atoms with van der Waals surface area (Å²) >= 11 is 0. The van der Waals surface area contributed by atoms with Crippen LogP contribution < -0.4 is 10.1 Å². The smallest absolute Gasteiger partial charge is 0.417 e. The summed E-state index contributed by atoms with van der Waals surface area (Å²) in [5.74, 6) is -0.224. The van der Waals surface area contributed by atoms with E-state index in [1.165, 1.54) is 16.9 Å². The highest BCUT2D eigenvalue weighted by molar-refractivity contribution is 5.92. The van der Waals surface area contributed by atoms with Gasteiger partial charge in [0.05, 0.1) is 29.5 Å². The van der Waals surface area contributed by atoms with Crippen molar-refractivity contribution in [3.8, 4) is 11.8 Å². The van der Waals surface area contributed by atoms with E-state index in [-0.39, 0.29) is 29.5 Å². The number of aromatic nitrogens is 3. The Labute approximate surface area is 159 Å². The van der Waals surface area contributed by atoms with E-state index in [1.54, 1.807) is 13.1 Å². The molecule has 0 atom stereocenters. The van der Waals surface area contributed by atoms with Gasteiger partial charge in [-0.2, -0.15) is 18.4 Å². The van der Waals surface area contributed by atoms with E-state index >= 15 is 0 Å². The first kappa shape index (κ1) is 19.7. The van der Waals surface area contributed by atoms with Crippen LogP contribution in [-0.2, 0) is 13.2 Å². The maximum absolute atomic E-state index is 13.1. The average molecular weight is 393 g/mol. The van der Waals surface area contributed by atoms with Gasteiger partial charge in [0.1, 0.15) is 5.75 Å². The second kappa shape index (κ2) is 7.88. The highest BCUT2D eigenvalue weighted by Gasteiger charge is 2.34. The lowest BCUT2D eigenvalue weighted by molar-refractivity contribution is -0.137. The van der Waals surface area contributed by atoms with Crippen molar-refractivity contribution in [3.63, 3.8) is 0 Å². The fourth-order valence-electron chi connectivity index (χ4n) is 3.16. The number of ether oxygens (including phenoxy) is 1. The van der Waals surface area contributed by atoms with Crippen LogP contribution in [0.2, 0.25) is 0 Å². The Kier molecular flexibility index (Phi) is 5.53. The molecule has 1 heterocycles. The summed E-state index contributed by atoms with van der Waals surface area (Å²) in [5, 5.41) is 19.2. The van der Waals surface area contributed by atoms with Gasteiger partial charge >= 0.3 is 6.18 Å². The molecule has 7 nitrogen and oxygen atoms in total. The summed E-state index contributed by atoms with van der Waals surface area (Å²) < 4.78 is 46.3. The number of hydrogen-bond acceptors (Lipinski definition) is 5. The first-order valence-corrected chi connectivity index (χ1v) is 8.71. The largest absolute Gasteiger partial charge is 0.490 e. The first-order valence-electron chi connectivity index (χ1n) is 8.71. The Morgan fingerprint density at radius 2 is 2.04 bits per heavy atom. The van der Waals surface area contributed by atoms with Crippen molar-refractivity contribution in [2.45, 2.75) is 44.0 Å². The van der Waals surface area contributed by atoms with Crippen LogP contribution in [0.4, 0.5) is 13.2 Å². The van der Waals surface area contributed by atoms with Crippen LogP contribution >= 0.6 is 0 Å². The monoisotopic (exact) mass is 393 g/mol. The maximum atomic E-state index is 13.1. The third kappa shape index (κ3) is 4.60. The van der Waals surface area contributed by atoms with Crippen molar-refractivity contribution in [2.75, 3.05) is 0 Å². The molecule has 1 aromatic heterocycles. The van der Waals surface area contributed by atoms with Crippen molar-refractivity contribution >= 4 is 5.91 Å². The Morgan fingerprint density at radius 3 is 2.61 bits per heavy atom. The second-order valence-electron chi connectivity index (χ2n) is 6.66. The lowest BCUT2D eigenvalue weighted by Gasteiger charge is -2.29. The minimum absolute atomic E-state index is 0.0546. The van der Waals surface area contributed by atoms with Crippen LogP contribution in [-0.4, -0.2) is 33.0 Å². The standard InChI is InChI=1S/C18H18F3N5O2/c1-26-10-16(24-25-26)17(27)23-12-3-6-13(7-4-12)28-14-5-2-11(9-22)15(8-14)18(19,20)21/h2,5,8,10,12-13H,3-4,6-7H2,1H3,(H,23,27)/t12-,13-. The Bertz CT molecular complexity index is 895. The molecule has 2 aromatic rings. The Morgan fingerprint density at radius 1 is 1.32 bits per heavy atom. The molecular formula is C18H18F3N5O2. The molecule has 0 unspecified atom stereocenters. The number of halogens is 3. The van der Waals surface area contributed by atoms with Gasteiger partial charge in [-0.25, -0.2) is 0 Å². The number of nitrogens with one attached hydrogen (secondary N) is 1. The molecule has 3 rings (SSSR count). The molecule has 0 saturated heterocycles. The molecule has 0 radical (unpaired) electrons. The minimum atomic E-state index is -4.62. The number of nitriles is 1. The second-order valence-corrected chi connectivity index (χ2v) is 6.66. The summed E-state index contributed by atoms with van der Waals surface area (Å²) in [6, 6.07) is 4.84. The Balaban J connectivity index is 1.56. The zero-order chi connectivity index (χ0) is 20.3. The van der Waals surface area contributed by atoms with E-state index in [2.05, 4.69) is 15.6 Å². The van der Waals surface area contributed by atoms with Crippen molar-refractivity contribution in [2.24, 2.45) is 7.05 Å². The third-order valence-electron chi connectivity index (χ3n) is 4.56. The molecule has 0 bridgehead atoms. The molecule has 0 spiro atoms. The molecule has 10 heteroatoms. The van der Waals surface area contributed by atoms with Crippen molar-refractivity contribution in [1.82, 2.24) is 20.3 Å². The lowest BCUT2D eigenvalue weighted by atomic mass is 9.92. The average Bonchev–Trinajstić information content (AvgIpc) is 3.09. The highest BCUT2D eigenvalue weighted by atomic mass is 19.4. The van der Waals surface area contributed by atoms with Gasteiger partial charge in [0, 0.05) is 13.1 Å². The fraction of sp³-hybridized carbons (Fsp3) is 0.444. The van der Waals surface area contributed by atoms with Crippen molar-refractivity contribution in [3.05, 3.63) is 41.2 Å². The van der Waals surface area contributed by atoms with Crippen LogP contribution in [0.25, 0.3) is 0 Å². The molecule has 1 aromatic carbocycles. The van der Waals surface area contributed by atoms with Crippen molar-refractivity contribution < 1.29 is 22.7 Å². The van der Waals surface area contributed by atoms with Crippen LogP contribution in [0.1, 0.15) is 47.3 Å². The van der Waals surface area contributed by atoms with Crippen molar-refractivity contribution in [1.29, 1.82) is 5.26 Å². The summed E-state index contributed by atoms with van der Waals surface area (Å²) in [6.45, 7) is 0. The molecule has 1 N–H and O–H groups in total. The Hall–Kier alpha value is -3.09. The topological polar surface area (TPSA) is 92.8 Å². The van der Waals surface area contributed by atoms with E-state index in [1.807, 2.05) is 0 Å². The van der Waals surface area contributed by atoms with E-state index in [0.29, 0.717) is 25.7 Å². The van der Waals surface area contributed by atoms with Gasteiger partial charge in [-0.05, 0) is 43.9 Å². The molecule has 28 heavy (non-hydrogen) atoms. The van der Waals surface area contributed by atoms with Gasteiger partial charge < -0.3 is 10.1 Å². The van der Waals surface area contributed by atoms with Crippen LogP contribution in [0, 0.1) is 11.3 Å². The van der Waals surface area contributed by atoms with E-state index < -0.39 is 17.3 Å². The first-order chi connectivity index (χ1) is 13.3. The predicted molar refractivity (Wildman–Crippen MR) is 91.3 cm³/mol. The van der Waals surface area contributed by atoms with Crippen LogP contribution in [0.5, 0.6) is 5.75 Å². The number of carbonyl (C=O) groups excluding carboxylic acids is 1. The predicted octanol–water partition coefficient (Wildman–Crippen LogP) is 2.83. The minimum Gasteiger partial charge on any atom is -0.490 e. The van der Waals surface area contributed by atoms with Gasteiger partial charge in [0.2, 0.25) is 0 Å². The number of nitrogens with zero attached hydrogens (tertiary/aromatic N) is 4. The molecule has 1 saturated carbocycles. The van der Waals surface area contributed by atoms with E-state index in [9.17, 15) is 18.0 Å². The quantitative estimate of drug-likeness (QED) is 0.862. The van der Waals surface area contributed by atoms with E-state index in [4.69, 9.17) is 10.00 Å². The van der Waals surface area contributed by atoms with Gasteiger partial charge in [-0.3, -0.25) is 9.48 Å². The van der Waals surface area contributed by atoms with Gasteiger partial charge in [-0.1, -0.05) is 5.21 Å². The number of rotatable bonds is 4. The molecule has 1 fully saturated rings. The molecule has 1 aliphatic rings. The zero-order valence-corrected chi connectivity index (χ0v) is 15.0. The molecular weight excluding hydrogens is 375 g/mol.